The van der Waals surface area contributed by atoms with E-state index in [1.807, 2.05) is 11.3 Å². The van der Waals surface area contributed by atoms with Gasteiger partial charge in [-0.3, -0.25) is 4.90 Å². The number of piperazine rings is 1. The van der Waals surface area contributed by atoms with E-state index in [1.165, 1.54) is 31.8 Å². The molecule has 6 rings (SSSR count). The number of nitrogens with one attached hydrogen (secondary N) is 1. The Morgan fingerprint density at radius 3 is 2.76 bits per heavy atom. The van der Waals surface area contributed by atoms with Gasteiger partial charge < -0.3 is 10.2 Å². The summed E-state index contributed by atoms with van der Waals surface area (Å²) in [6.07, 6.45) is 2.22. The summed E-state index contributed by atoms with van der Waals surface area (Å²) in [5, 5.41) is 7.56. The molecule has 3 heterocycles. The van der Waals surface area contributed by atoms with Crippen LogP contribution >= 0.6 is 11.3 Å². The Bertz CT molecular complexity index is 1370. The summed E-state index contributed by atoms with van der Waals surface area (Å²) in [7, 11) is 2.27. The van der Waals surface area contributed by atoms with Crippen LogP contribution < -0.4 is 5.32 Å². The van der Waals surface area contributed by atoms with E-state index in [0.29, 0.717) is 6.04 Å². The first kappa shape index (κ1) is 21.4. The zero-order chi connectivity index (χ0) is 23.1. The number of para-hydroxylation sites is 2. The van der Waals surface area contributed by atoms with Crippen molar-refractivity contribution in [1.29, 1.82) is 0 Å². The van der Waals surface area contributed by atoms with Crippen molar-refractivity contribution in [3.8, 4) is 0 Å². The van der Waals surface area contributed by atoms with Crippen LogP contribution in [0.4, 0.5) is 16.4 Å². The quantitative estimate of drug-likeness (QED) is 0.369. The maximum Gasteiger partial charge on any atom is 0.139 e. The molecule has 34 heavy (non-hydrogen) atoms. The molecule has 0 unspecified atom stereocenters. The lowest BCUT2D eigenvalue weighted by Crippen LogP contribution is -2.53. The van der Waals surface area contributed by atoms with E-state index >= 15 is 0 Å². The number of aliphatic imine (C=N–C) groups is 1. The summed E-state index contributed by atoms with van der Waals surface area (Å²) in [6, 6.07) is 26.6. The van der Waals surface area contributed by atoms with E-state index in [1.54, 1.807) is 0 Å². The molecule has 0 radical (unpaired) electrons. The second-order valence-corrected chi connectivity index (χ2v) is 10.7. The molecule has 1 aromatic heterocycles. The zero-order valence-electron chi connectivity index (χ0n) is 19.8. The summed E-state index contributed by atoms with van der Waals surface area (Å²) >= 11 is 1.82. The topological polar surface area (TPSA) is 30.9 Å². The Labute approximate surface area is 205 Å². The molecule has 3 aromatic carbocycles. The predicted octanol–water partition coefficient (Wildman–Crippen LogP) is 6.59. The Kier molecular flexibility index (Phi) is 5.60. The molecule has 0 amide bonds. The number of nitrogens with zero attached hydrogens (tertiary/aromatic N) is 3. The molecule has 1 saturated heterocycles. The van der Waals surface area contributed by atoms with Crippen LogP contribution in [0.15, 0.2) is 77.8 Å². The van der Waals surface area contributed by atoms with E-state index in [2.05, 4.69) is 102 Å². The molecule has 4 aromatic rings. The Morgan fingerprint density at radius 2 is 1.82 bits per heavy atom. The average molecular weight is 467 g/mol. The summed E-state index contributed by atoms with van der Waals surface area (Å²) in [4.78, 5) is 11.6. The van der Waals surface area contributed by atoms with E-state index in [-0.39, 0.29) is 0 Å². The second kappa shape index (κ2) is 8.90. The first-order valence-electron chi connectivity index (χ1n) is 12.1. The molecule has 1 atom stereocenters. The molecule has 0 aliphatic carbocycles. The standard InChI is InChI=1S/C29H30N4S/c1-20-18-25-28(30-26-12-5-6-13-27(26)31-29(25)34-20)33-17-16-32(2)23(19-33)15-14-22-10-7-9-21-8-3-4-11-24(21)22/h3-13,18,23,31H,14-17,19H2,1-2H3/t23-/m0/s1. The number of hydrogen-bond donors (Lipinski definition) is 1. The number of rotatable bonds is 3. The van der Waals surface area contributed by atoms with Crippen molar-refractivity contribution in [1.82, 2.24) is 9.80 Å². The van der Waals surface area contributed by atoms with Gasteiger partial charge in [0.05, 0.1) is 16.9 Å². The van der Waals surface area contributed by atoms with E-state index in [9.17, 15) is 0 Å². The van der Waals surface area contributed by atoms with Crippen molar-refractivity contribution in [2.24, 2.45) is 4.99 Å². The third-order valence-electron chi connectivity index (χ3n) is 7.18. The van der Waals surface area contributed by atoms with E-state index in [4.69, 9.17) is 4.99 Å². The highest BCUT2D eigenvalue weighted by atomic mass is 32.1. The molecule has 0 bridgehead atoms. The molecule has 2 aliphatic heterocycles. The molecule has 4 nitrogen and oxygen atoms in total. The fraction of sp³-hybridized carbons (Fsp3) is 0.276. The van der Waals surface area contributed by atoms with Gasteiger partial charge in [0.15, 0.2) is 0 Å². The first-order chi connectivity index (χ1) is 16.7. The highest BCUT2D eigenvalue weighted by Gasteiger charge is 2.30. The van der Waals surface area contributed by atoms with Gasteiger partial charge in [0.1, 0.15) is 10.8 Å². The van der Waals surface area contributed by atoms with Crippen LogP contribution in [0.1, 0.15) is 22.4 Å². The van der Waals surface area contributed by atoms with Crippen LogP contribution in [0.2, 0.25) is 0 Å². The minimum Gasteiger partial charge on any atom is -0.353 e. The zero-order valence-corrected chi connectivity index (χ0v) is 20.6. The van der Waals surface area contributed by atoms with Crippen molar-refractivity contribution in [3.63, 3.8) is 0 Å². The monoisotopic (exact) mass is 466 g/mol. The number of anilines is 2. The Morgan fingerprint density at radius 1 is 1.00 bits per heavy atom. The highest BCUT2D eigenvalue weighted by Crippen LogP contribution is 2.39. The molecule has 0 spiro atoms. The Balaban J connectivity index is 1.28. The second-order valence-electron chi connectivity index (χ2n) is 9.43. The van der Waals surface area contributed by atoms with Gasteiger partial charge in [-0.05, 0) is 61.3 Å². The maximum atomic E-state index is 5.20. The molecular weight excluding hydrogens is 436 g/mol. The third kappa shape index (κ3) is 3.99. The molecular formula is C29H30N4S. The minimum absolute atomic E-state index is 0.491. The van der Waals surface area contributed by atoms with Crippen LogP contribution in [0, 0.1) is 6.92 Å². The summed E-state index contributed by atoms with van der Waals surface area (Å²) in [5.74, 6) is 1.11. The van der Waals surface area contributed by atoms with Gasteiger partial charge in [0, 0.05) is 30.6 Å². The van der Waals surface area contributed by atoms with Gasteiger partial charge >= 0.3 is 0 Å². The molecule has 1 N–H and O–H groups in total. The minimum atomic E-state index is 0.491. The molecule has 5 heteroatoms. The van der Waals surface area contributed by atoms with Gasteiger partial charge in [-0.2, -0.15) is 0 Å². The smallest absolute Gasteiger partial charge is 0.139 e. The van der Waals surface area contributed by atoms with Gasteiger partial charge in [-0.25, -0.2) is 4.99 Å². The fourth-order valence-corrected chi connectivity index (χ4v) is 6.19. The van der Waals surface area contributed by atoms with Crippen LogP contribution in [-0.2, 0) is 6.42 Å². The number of benzene rings is 3. The lowest BCUT2D eigenvalue weighted by molar-refractivity contribution is 0.134. The summed E-state index contributed by atoms with van der Waals surface area (Å²) in [5.41, 5.74) is 4.78. The summed E-state index contributed by atoms with van der Waals surface area (Å²) in [6.45, 7) is 5.22. The van der Waals surface area contributed by atoms with E-state index in [0.717, 1.165) is 49.7 Å². The number of thiophene rings is 1. The highest BCUT2D eigenvalue weighted by molar-refractivity contribution is 7.16. The van der Waals surface area contributed by atoms with Crippen molar-refractivity contribution in [2.45, 2.75) is 25.8 Å². The normalized spacial score (nSPS) is 18.1. The summed E-state index contributed by atoms with van der Waals surface area (Å²) < 4.78 is 0. The number of aryl methyl sites for hydroxylation is 2. The van der Waals surface area contributed by atoms with Crippen molar-refractivity contribution < 1.29 is 0 Å². The van der Waals surface area contributed by atoms with Crippen molar-refractivity contribution in [2.75, 3.05) is 32.0 Å². The molecule has 172 valence electrons. The maximum absolute atomic E-state index is 5.20. The molecule has 1 fully saturated rings. The number of hydrogen-bond acceptors (Lipinski definition) is 5. The van der Waals surface area contributed by atoms with Gasteiger partial charge in [-0.15, -0.1) is 11.3 Å². The fourth-order valence-electron chi connectivity index (χ4n) is 5.27. The predicted molar refractivity (Wildman–Crippen MR) is 145 cm³/mol. The van der Waals surface area contributed by atoms with Gasteiger partial charge in [0.2, 0.25) is 0 Å². The molecule has 0 saturated carbocycles. The largest absolute Gasteiger partial charge is 0.353 e. The van der Waals surface area contributed by atoms with Gasteiger partial charge in [-0.1, -0.05) is 54.6 Å². The third-order valence-corrected chi connectivity index (χ3v) is 8.14. The van der Waals surface area contributed by atoms with Crippen molar-refractivity contribution in [3.05, 3.63) is 88.8 Å². The van der Waals surface area contributed by atoms with Crippen molar-refractivity contribution >= 4 is 44.3 Å². The lowest BCUT2D eigenvalue weighted by atomic mass is 9.97. The number of amidine groups is 1. The van der Waals surface area contributed by atoms with E-state index < -0.39 is 0 Å². The SMILES string of the molecule is Cc1cc2c(s1)Nc1ccccc1N=C2N1CCN(C)[C@@H](CCc2cccc3ccccc23)C1. The van der Waals surface area contributed by atoms with Crippen LogP contribution in [0.25, 0.3) is 10.8 Å². The van der Waals surface area contributed by atoms with Crippen LogP contribution in [0.3, 0.4) is 0 Å². The van der Waals surface area contributed by atoms with Crippen LogP contribution in [0.5, 0.6) is 0 Å². The first-order valence-corrected chi connectivity index (χ1v) is 12.9. The van der Waals surface area contributed by atoms with Gasteiger partial charge in [0.25, 0.3) is 0 Å². The number of likely N-dealkylation sites (N-methyl/N-ethyl adjacent to an activating group) is 1. The molecule has 2 aliphatic rings. The lowest BCUT2D eigenvalue weighted by Gasteiger charge is -2.41. The number of fused-ring (bicyclic) bond motifs is 3. The van der Waals surface area contributed by atoms with Crippen LogP contribution in [-0.4, -0.2) is 48.4 Å². The Hall–Kier alpha value is -3.15. The average Bonchev–Trinajstić information content (AvgIpc) is 3.15.